The van der Waals surface area contributed by atoms with E-state index in [0.717, 1.165) is 0 Å². The summed E-state index contributed by atoms with van der Waals surface area (Å²) in [4.78, 5) is 40.5. The molecule has 0 saturated carbocycles. The summed E-state index contributed by atoms with van der Waals surface area (Å²) in [5.41, 5.74) is -0.448. The molecule has 4 aliphatic heterocycles. The molecule has 5 bridgehead atoms. The van der Waals surface area contributed by atoms with Gasteiger partial charge in [-0.2, -0.15) is 5.10 Å². The molecule has 1 fully saturated rings. The Bertz CT molecular complexity index is 2080. The molecular weight excluding hydrogens is 766 g/mol. The number of ether oxygens (including phenoxy) is 4. The van der Waals surface area contributed by atoms with E-state index in [1.807, 2.05) is 0 Å². The minimum atomic E-state index is -2.05. The maximum atomic E-state index is 14.4. The Kier molecular flexibility index (Phi) is 13.7. The van der Waals surface area contributed by atoms with E-state index in [1.54, 1.807) is 49.9 Å². The standard InChI is InChI=1S/C42H57N5O12/c1-20-11-10-12-21(2)41(55)45-32-27(19-44-47-16-14-46(43)15-17-47)36(52)29-30(37(32)53)35(51)25(6)39-31(29)40(54)42(8,59-39)57-18-13-28(56-9)22(3)38(58-26(7)48)24(5)34(50)23(4)33(20)49/h10-13,18-20,22-24,28,33-34,38,49-53H,14-17,43H2,1-9H3,(H,45,55)/b11-10?,18-13?,21-12?,44-19+. The molecule has 9 unspecified atom stereocenters. The second-order valence-electron chi connectivity index (χ2n) is 15.9. The summed E-state index contributed by atoms with van der Waals surface area (Å²) in [5.74, 6) is -2.57. The van der Waals surface area contributed by atoms with Gasteiger partial charge in [0.05, 0.1) is 66.1 Å². The zero-order valence-corrected chi connectivity index (χ0v) is 34.9. The Balaban J connectivity index is 1.70. The van der Waals surface area contributed by atoms with Gasteiger partial charge in [0.1, 0.15) is 23.4 Å². The maximum absolute atomic E-state index is 14.4. The van der Waals surface area contributed by atoms with Crippen LogP contribution < -0.4 is 15.9 Å². The average Bonchev–Trinajstić information content (AvgIpc) is 3.46. The van der Waals surface area contributed by atoms with Gasteiger partial charge in [0.25, 0.3) is 11.7 Å². The van der Waals surface area contributed by atoms with Gasteiger partial charge in [0.15, 0.2) is 5.75 Å². The number of phenols is 3. The number of Topliss-reactive ketones (excluding diaryl/α,β-unsaturated/α-hetero) is 1. The number of aliphatic hydroxyl groups excluding tert-OH is 2. The number of hydrazine groups is 1. The second-order valence-corrected chi connectivity index (χ2v) is 15.9. The zero-order valence-electron chi connectivity index (χ0n) is 34.9. The number of hydrogen-bond donors (Lipinski definition) is 7. The van der Waals surface area contributed by atoms with Crippen molar-refractivity contribution in [2.75, 3.05) is 38.6 Å². The lowest BCUT2D eigenvalue weighted by Crippen LogP contribution is -2.47. The molecule has 17 nitrogen and oxygen atoms in total. The predicted octanol–water partition coefficient (Wildman–Crippen LogP) is 3.58. The number of amides is 1. The van der Waals surface area contributed by atoms with Crippen LogP contribution in [0.2, 0.25) is 0 Å². The molecule has 0 aliphatic carbocycles. The first-order valence-corrected chi connectivity index (χ1v) is 19.6. The Labute approximate surface area is 343 Å². The summed E-state index contributed by atoms with van der Waals surface area (Å²) in [5, 5.41) is 68.2. The van der Waals surface area contributed by atoms with E-state index < -0.39 is 88.8 Å². The van der Waals surface area contributed by atoms with Gasteiger partial charge >= 0.3 is 11.8 Å². The first-order chi connectivity index (χ1) is 27.7. The highest BCUT2D eigenvalue weighted by Gasteiger charge is 2.50. The van der Waals surface area contributed by atoms with Gasteiger partial charge in [-0.3, -0.25) is 25.2 Å². The number of aromatic hydroxyl groups is 3. The molecule has 0 spiro atoms. The molecule has 8 N–H and O–H groups in total. The third-order valence-corrected chi connectivity index (χ3v) is 11.7. The molecule has 0 aromatic heterocycles. The van der Waals surface area contributed by atoms with E-state index >= 15 is 0 Å². The van der Waals surface area contributed by atoms with E-state index in [4.69, 9.17) is 24.8 Å². The number of nitrogens with two attached hydrogens (primary N) is 1. The van der Waals surface area contributed by atoms with Crippen LogP contribution in [-0.2, 0) is 23.8 Å². The SMILES string of the molecule is COC1C=COC2(C)Oc3c(C)c(O)c4c(O)c(c(/C=N/N5CCN(N)CC5)c(O)c4c3C2=O)NC(=O)C(C)=CC=CC(C)C(O)C(C)C(O)C(C)C(OC(C)=O)C1C. The van der Waals surface area contributed by atoms with Crippen LogP contribution in [0, 0.1) is 30.6 Å². The van der Waals surface area contributed by atoms with Crippen LogP contribution in [0.4, 0.5) is 5.69 Å². The monoisotopic (exact) mass is 823 g/mol. The van der Waals surface area contributed by atoms with Crippen molar-refractivity contribution in [3.05, 3.63) is 52.8 Å². The van der Waals surface area contributed by atoms with Gasteiger partial charge in [-0.1, -0.05) is 45.9 Å². The van der Waals surface area contributed by atoms with Crippen LogP contribution in [0.5, 0.6) is 23.0 Å². The van der Waals surface area contributed by atoms with Crippen LogP contribution in [0.3, 0.4) is 0 Å². The number of carbonyl (C=O) groups excluding carboxylic acids is 3. The number of aliphatic hydroxyl groups is 2. The maximum Gasteiger partial charge on any atom is 0.312 e. The quantitative estimate of drug-likeness (QED) is 0.0766. The van der Waals surface area contributed by atoms with E-state index in [-0.39, 0.29) is 44.5 Å². The number of carbonyl (C=O) groups is 3. The number of nitrogens with zero attached hydrogens (tertiary/aromatic N) is 3. The first-order valence-electron chi connectivity index (χ1n) is 19.6. The topological polar surface area (TPSA) is 246 Å². The van der Waals surface area contributed by atoms with Crippen molar-refractivity contribution < 1.29 is 58.9 Å². The first kappa shape index (κ1) is 44.9. The molecule has 9 atom stereocenters. The fraction of sp³-hybridized carbons (Fsp3) is 0.524. The van der Waals surface area contributed by atoms with Crippen LogP contribution in [0.15, 0.2) is 41.2 Å². The second kappa shape index (κ2) is 18.0. The molecule has 4 aliphatic rings. The number of rotatable bonds is 4. The number of piperazine rings is 1. The predicted molar refractivity (Wildman–Crippen MR) is 219 cm³/mol. The number of benzene rings is 2. The number of esters is 1. The molecule has 6 rings (SSSR count). The third kappa shape index (κ3) is 8.89. The molecule has 2 aromatic carbocycles. The summed E-state index contributed by atoms with van der Waals surface area (Å²) >= 11 is 0. The highest BCUT2D eigenvalue weighted by atomic mass is 16.7. The van der Waals surface area contributed by atoms with Crippen LogP contribution >= 0.6 is 0 Å². The van der Waals surface area contributed by atoms with Gasteiger partial charge in [-0.15, -0.1) is 0 Å². The Morgan fingerprint density at radius 1 is 0.966 bits per heavy atom. The number of fused-ring (bicyclic) bond motifs is 14. The van der Waals surface area contributed by atoms with Crippen LogP contribution in [0.1, 0.15) is 70.0 Å². The van der Waals surface area contributed by atoms with E-state index in [2.05, 4.69) is 10.4 Å². The number of phenolic OH excluding ortho intramolecular Hbond substituents is 3. The molecule has 17 heteroatoms. The van der Waals surface area contributed by atoms with Crippen LogP contribution in [0.25, 0.3) is 10.8 Å². The summed E-state index contributed by atoms with van der Waals surface area (Å²) in [6, 6.07) is 0. The molecule has 1 amide bonds. The van der Waals surface area contributed by atoms with Gasteiger partial charge in [0, 0.05) is 74.2 Å². The van der Waals surface area contributed by atoms with E-state index in [1.165, 1.54) is 59.4 Å². The zero-order chi connectivity index (χ0) is 43.7. The molecule has 59 heavy (non-hydrogen) atoms. The van der Waals surface area contributed by atoms with Gasteiger partial charge in [-0.05, 0) is 19.9 Å². The normalized spacial score (nSPS) is 30.1. The lowest BCUT2D eigenvalue weighted by Gasteiger charge is -2.38. The summed E-state index contributed by atoms with van der Waals surface area (Å²) in [6.45, 7) is 14.3. The Morgan fingerprint density at radius 3 is 2.25 bits per heavy atom. The molecule has 1 saturated heterocycles. The Morgan fingerprint density at radius 2 is 1.63 bits per heavy atom. The van der Waals surface area contributed by atoms with Crippen molar-refractivity contribution >= 4 is 40.3 Å². The summed E-state index contributed by atoms with van der Waals surface area (Å²) in [7, 11) is 1.43. The van der Waals surface area contributed by atoms with Crippen molar-refractivity contribution in [2.24, 2.45) is 34.6 Å². The van der Waals surface area contributed by atoms with Gasteiger partial charge in [-0.25, -0.2) is 5.01 Å². The minimum Gasteiger partial charge on any atom is -0.507 e. The number of anilines is 1. The van der Waals surface area contributed by atoms with Crippen molar-refractivity contribution in [1.29, 1.82) is 0 Å². The van der Waals surface area contributed by atoms with Gasteiger partial charge < -0.3 is 49.8 Å². The molecule has 4 heterocycles. The summed E-state index contributed by atoms with van der Waals surface area (Å²) < 4.78 is 23.6. The number of ketones is 1. The van der Waals surface area contributed by atoms with Crippen molar-refractivity contribution in [3.63, 3.8) is 0 Å². The van der Waals surface area contributed by atoms with Crippen molar-refractivity contribution in [2.45, 2.75) is 85.6 Å². The highest BCUT2D eigenvalue weighted by molar-refractivity contribution is 6.23. The molecule has 322 valence electrons. The highest BCUT2D eigenvalue weighted by Crippen LogP contribution is 2.55. The lowest BCUT2D eigenvalue weighted by atomic mass is 9.78. The number of nitrogens with one attached hydrogen (secondary N) is 1. The number of hydrogen-bond acceptors (Lipinski definition) is 16. The molecule has 2 aromatic rings. The van der Waals surface area contributed by atoms with E-state index in [9.17, 15) is 39.9 Å². The smallest absolute Gasteiger partial charge is 0.312 e. The molecule has 0 radical (unpaired) electrons. The number of allylic oxidation sites excluding steroid dienone is 2. The van der Waals surface area contributed by atoms with Crippen LogP contribution in [-0.4, -0.2) is 123 Å². The van der Waals surface area contributed by atoms with E-state index in [0.29, 0.717) is 26.2 Å². The minimum absolute atomic E-state index is 0.0441. The summed E-state index contributed by atoms with van der Waals surface area (Å²) in [6.07, 6.45) is 4.75. The fourth-order valence-electron chi connectivity index (χ4n) is 7.84. The average molecular weight is 824 g/mol. The van der Waals surface area contributed by atoms with Crippen molar-refractivity contribution in [1.82, 2.24) is 10.0 Å². The lowest BCUT2D eigenvalue weighted by molar-refractivity contribution is -0.160. The van der Waals surface area contributed by atoms with Gasteiger partial charge in [0.2, 0.25) is 0 Å². The third-order valence-electron chi connectivity index (χ3n) is 11.7. The Hall–Kier alpha value is -5.20. The number of methoxy groups -OCH3 is 1. The number of hydrazone groups is 1. The molecular formula is C42H57N5O12. The fourth-order valence-corrected chi connectivity index (χ4v) is 7.84. The van der Waals surface area contributed by atoms with Crippen molar-refractivity contribution in [3.8, 4) is 23.0 Å². The largest absolute Gasteiger partial charge is 0.507 e.